The molecule has 0 saturated heterocycles. The number of hydrogen-bond donors (Lipinski definition) is 1. The lowest BCUT2D eigenvalue weighted by Crippen LogP contribution is -2.39. The molecule has 0 fully saturated rings. The third-order valence-electron chi connectivity index (χ3n) is 5.49. The zero-order valence-corrected chi connectivity index (χ0v) is 16.8. The van der Waals surface area contributed by atoms with Gasteiger partial charge in [-0.15, -0.1) is 0 Å². The van der Waals surface area contributed by atoms with Crippen molar-refractivity contribution in [1.29, 1.82) is 0 Å². The van der Waals surface area contributed by atoms with Crippen LogP contribution in [-0.2, 0) is 23.1 Å². The van der Waals surface area contributed by atoms with Crippen molar-refractivity contribution in [3.8, 4) is 5.75 Å². The van der Waals surface area contributed by atoms with Gasteiger partial charge in [-0.2, -0.15) is 0 Å². The Morgan fingerprint density at radius 3 is 2.59 bits per heavy atom. The molecule has 0 radical (unpaired) electrons. The molecule has 1 N–H and O–H groups in total. The molecule has 3 heteroatoms. The number of benzene rings is 2. The maximum absolute atomic E-state index is 12.4. The molecule has 3 nitrogen and oxygen atoms in total. The molecule has 0 saturated carbocycles. The largest absolute Gasteiger partial charge is 0.483 e. The first kappa shape index (κ1) is 19.5. The summed E-state index contributed by atoms with van der Waals surface area (Å²) in [4.78, 5) is 12.4. The third kappa shape index (κ3) is 5.12. The van der Waals surface area contributed by atoms with Crippen LogP contribution >= 0.6 is 0 Å². The highest BCUT2D eigenvalue weighted by Gasteiger charge is 2.24. The summed E-state index contributed by atoms with van der Waals surface area (Å²) < 4.78 is 5.87. The van der Waals surface area contributed by atoms with Crippen LogP contribution in [0.2, 0.25) is 0 Å². The second kappa shape index (κ2) is 8.60. The van der Waals surface area contributed by atoms with Gasteiger partial charge < -0.3 is 10.1 Å². The minimum absolute atomic E-state index is 0.00726. The summed E-state index contributed by atoms with van der Waals surface area (Å²) in [7, 11) is 0. The predicted molar refractivity (Wildman–Crippen MR) is 110 cm³/mol. The number of nitrogens with one attached hydrogen (secondary N) is 1. The lowest BCUT2D eigenvalue weighted by molar-refractivity contribution is -0.123. The van der Waals surface area contributed by atoms with Gasteiger partial charge in [0.2, 0.25) is 0 Å². The SMILES string of the molecule is CC(CC(C)(C)c1ccccc1)NC(=O)COc1cccc2c1CCCC2. The van der Waals surface area contributed by atoms with E-state index in [2.05, 4.69) is 56.4 Å². The minimum Gasteiger partial charge on any atom is -0.483 e. The van der Waals surface area contributed by atoms with Gasteiger partial charge in [0.15, 0.2) is 6.61 Å². The molecule has 0 bridgehead atoms. The van der Waals surface area contributed by atoms with Gasteiger partial charge in [0.25, 0.3) is 5.91 Å². The Bertz CT molecular complexity index is 767. The van der Waals surface area contributed by atoms with E-state index in [1.54, 1.807) is 0 Å². The van der Waals surface area contributed by atoms with Gasteiger partial charge in [-0.25, -0.2) is 0 Å². The van der Waals surface area contributed by atoms with E-state index in [4.69, 9.17) is 4.74 Å². The van der Waals surface area contributed by atoms with Crippen molar-refractivity contribution in [3.05, 3.63) is 65.2 Å². The number of amides is 1. The molecular weight excluding hydrogens is 334 g/mol. The summed E-state index contributed by atoms with van der Waals surface area (Å²) in [5.74, 6) is 0.819. The predicted octanol–water partition coefficient (Wildman–Crippen LogP) is 4.82. The molecule has 0 heterocycles. The van der Waals surface area contributed by atoms with Gasteiger partial charge >= 0.3 is 0 Å². The molecule has 0 spiro atoms. The van der Waals surface area contributed by atoms with E-state index in [-0.39, 0.29) is 24.0 Å². The summed E-state index contributed by atoms with van der Waals surface area (Å²) in [5.41, 5.74) is 3.96. The highest BCUT2D eigenvalue weighted by Crippen LogP contribution is 2.30. The number of aryl methyl sites for hydroxylation is 1. The molecule has 144 valence electrons. The average Bonchev–Trinajstić information content (AvgIpc) is 2.66. The molecule has 0 aliphatic heterocycles. The smallest absolute Gasteiger partial charge is 0.258 e. The first-order chi connectivity index (χ1) is 13.0. The number of carbonyl (C=O) groups excluding carboxylic acids is 1. The Labute approximate surface area is 163 Å². The van der Waals surface area contributed by atoms with Crippen LogP contribution in [0.15, 0.2) is 48.5 Å². The Morgan fingerprint density at radius 1 is 1.07 bits per heavy atom. The number of rotatable bonds is 7. The molecule has 1 aliphatic rings. The second-order valence-corrected chi connectivity index (χ2v) is 8.31. The Balaban J connectivity index is 1.52. The molecule has 27 heavy (non-hydrogen) atoms. The maximum atomic E-state index is 12.4. The van der Waals surface area contributed by atoms with Crippen LogP contribution in [0.25, 0.3) is 0 Å². The first-order valence-electron chi connectivity index (χ1n) is 10.0. The fourth-order valence-electron chi connectivity index (χ4n) is 4.16. The van der Waals surface area contributed by atoms with Crippen molar-refractivity contribution in [2.75, 3.05) is 6.61 Å². The molecule has 1 amide bonds. The topological polar surface area (TPSA) is 38.3 Å². The number of carbonyl (C=O) groups is 1. The molecule has 1 unspecified atom stereocenters. The Morgan fingerprint density at radius 2 is 1.81 bits per heavy atom. The molecule has 1 aliphatic carbocycles. The summed E-state index contributed by atoms with van der Waals surface area (Å²) in [6.45, 7) is 6.58. The highest BCUT2D eigenvalue weighted by atomic mass is 16.5. The summed E-state index contributed by atoms with van der Waals surface area (Å²) in [6, 6.07) is 16.7. The lowest BCUT2D eigenvalue weighted by atomic mass is 9.79. The van der Waals surface area contributed by atoms with Crippen molar-refractivity contribution >= 4 is 5.91 Å². The fourth-order valence-corrected chi connectivity index (χ4v) is 4.16. The summed E-state index contributed by atoms with van der Waals surface area (Å²) in [5, 5.41) is 3.09. The Hall–Kier alpha value is -2.29. The highest BCUT2D eigenvalue weighted by molar-refractivity contribution is 5.77. The van der Waals surface area contributed by atoms with Crippen LogP contribution in [0, 0.1) is 0 Å². The van der Waals surface area contributed by atoms with Gasteiger partial charge in [0, 0.05) is 6.04 Å². The van der Waals surface area contributed by atoms with Gasteiger partial charge in [-0.1, -0.05) is 56.3 Å². The van der Waals surface area contributed by atoms with Crippen LogP contribution in [0.5, 0.6) is 5.75 Å². The van der Waals surface area contributed by atoms with E-state index in [0.29, 0.717) is 0 Å². The van der Waals surface area contributed by atoms with E-state index >= 15 is 0 Å². The second-order valence-electron chi connectivity index (χ2n) is 8.31. The van der Waals surface area contributed by atoms with Gasteiger partial charge in [-0.05, 0) is 67.2 Å². The van der Waals surface area contributed by atoms with Crippen molar-refractivity contribution in [3.63, 3.8) is 0 Å². The van der Waals surface area contributed by atoms with E-state index < -0.39 is 0 Å². The summed E-state index contributed by atoms with van der Waals surface area (Å²) in [6.07, 6.45) is 5.49. The number of hydrogen-bond acceptors (Lipinski definition) is 2. The maximum Gasteiger partial charge on any atom is 0.258 e. The molecule has 0 aromatic heterocycles. The molecular formula is C24H31NO2. The molecule has 1 atom stereocenters. The number of fused-ring (bicyclic) bond motifs is 1. The molecule has 2 aromatic carbocycles. The zero-order chi connectivity index (χ0) is 19.3. The van der Waals surface area contributed by atoms with Gasteiger partial charge in [-0.3, -0.25) is 4.79 Å². The van der Waals surface area contributed by atoms with Crippen LogP contribution in [0.3, 0.4) is 0 Å². The van der Waals surface area contributed by atoms with Crippen LogP contribution in [0.1, 0.15) is 56.7 Å². The van der Waals surface area contributed by atoms with Crippen molar-refractivity contribution in [2.45, 2.75) is 64.3 Å². The van der Waals surface area contributed by atoms with E-state index in [1.807, 2.05) is 18.2 Å². The van der Waals surface area contributed by atoms with Crippen LogP contribution in [-0.4, -0.2) is 18.6 Å². The van der Waals surface area contributed by atoms with Crippen molar-refractivity contribution in [1.82, 2.24) is 5.32 Å². The third-order valence-corrected chi connectivity index (χ3v) is 5.49. The molecule has 3 rings (SSSR count). The quantitative estimate of drug-likeness (QED) is 0.764. The number of ether oxygens (including phenoxy) is 1. The van der Waals surface area contributed by atoms with Crippen molar-refractivity contribution in [2.24, 2.45) is 0 Å². The Kier molecular flexibility index (Phi) is 6.20. The lowest BCUT2D eigenvalue weighted by Gasteiger charge is -2.29. The molecule has 2 aromatic rings. The minimum atomic E-state index is -0.0558. The fraction of sp³-hybridized carbons (Fsp3) is 0.458. The summed E-state index contributed by atoms with van der Waals surface area (Å²) >= 11 is 0. The first-order valence-corrected chi connectivity index (χ1v) is 10.0. The van der Waals surface area contributed by atoms with Gasteiger partial charge in [0.05, 0.1) is 0 Å². The standard InChI is InChI=1S/C24H31NO2/c1-18(16-24(2,3)20-12-5-4-6-13-20)25-23(26)17-27-22-15-9-11-19-10-7-8-14-21(19)22/h4-6,9,11-13,15,18H,7-8,10,14,16-17H2,1-3H3,(H,25,26). The van der Waals surface area contributed by atoms with E-state index in [0.717, 1.165) is 25.0 Å². The zero-order valence-electron chi connectivity index (χ0n) is 16.8. The van der Waals surface area contributed by atoms with E-state index in [1.165, 1.54) is 29.5 Å². The van der Waals surface area contributed by atoms with Crippen molar-refractivity contribution < 1.29 is 9.53 Å². The monoisotopic (exact) mass is 365 g/mol. The van der Waals surface area contributed by atoms with E-state index in [9.17, 15) is 4.79 Å². The average molecular weight is 366 g/mol. The van der Waals surface area contributed by atoms with Gasteiger partial charge in [0.1, 0.15) is 5.75 Å². The van der Waals surface area contributed by atoms with Crippen LogP contribution < -0.4 is 10.1 Å². The van der Waals surface area contributed by atoms with Crippen LogP contribution in [0.4, 0.5) is 0 Å². The normalized spacial score (nSPS) is 14.9.